The molecule has 0 rings (SSSR count). The van der Waals surface area contributed by atoms with Crippen LogP contribution in [-0.2, 0) is 10.1 Å². The summed E-state index contributed by atoms with van der Waals surface area (Å²) < 4.78 is 30.6. The lowest BCUT2D eigenvalue weighted by molar-refractivity contribution is 0.147. The maximum atomic E-state index is 10.9. The summed E-state index contributed by atoms with van der Waals surface area (Å²) in [5.74, 6) is 0. The zero-order valence-electron chi connectivity index (χ0n) is 15.9. The highest BCUT2D eigenvalue weighted by Crippen LogP contribution is 2.15. The van der Waals surface area contributed by atoms with E-state index in [1.807, 2.05) is 0 Å². The van der Waals surface area contributed by atoms with Crippen molar-refractivity contribution in [3.8, 4) is 0 Å². The van der Waals surface area contributed by atoms with Gasteiger partial charge >= 0.3 is 0 Å². The molecular formula is C19H40O4S. The topological polar surface area (TPSA) is 74.6 Å². The minimum atomic E-state index is -3.90. The van der Waals surface area contributed by atoms with Gasteiger partial charge in [-0.15, -0.1) is 0 Å². The van der Waals surface area contributed by atoms with E-state index in [4.69, 9.17) is 4.55 Å². The molecule has 0 aromatic heterocycles. The largest absolute Gasteiger partial charge is 0.393 e. The predicted molar refractivity (Wildman–Crippen MR) is 102 cm³/mol. The summed E-state index contributed by atoms with van der Waals surface area (Å²) >= 11 is 0. The fourth-order valence-corrected chi connectivity index (χ4v) is 3.44. The molecule has 0 heterocycles. The second-order valence-electron chi connectivity index (χ2n) is 7.23. The van der Waals surface area contributed by atoms with E-state index in [2.05, 4.69) is 6.92 Å². The van der Waals surface area contributed by atoms with Crippen molar-refractivity contribution >= 4 is 10.1 Å². The summed E-state index contributed by atoms with van der Waals surface area (Å²) in [7, 11) is -3.90. The summed E-state index contributed by atoms with van der Waals surface area (Å²) in [5, 5.41) is 9.23. The molecule has 0 aromatic rings. The molecule has 24 heavy (non-hydrogen) atoms. The molecule has 0 bridgehead atoms. The third kappa shape index (κ3) is 15.4. The minimum absolute atomic E-state index is 0.264. The molecule has 2 unspecified atom stereocenters. The van der Waals surface area contributed by atoms with Gasteiger partial charge < -0.3 is 5.11 Å². The summed E-state index contributed by atoms with van der Waals surface area (Å²) in [6, 6.07) is 0. The van der Waals surface area contributed by atoms with Crippen LogP contribution < -0.4 is 0 Å². The number of rotatable bonds is 17. The average molecular weight is 365 g/mol. The Balaban J connectivity index is 3.34. The lowest BCUT2D eigenvalue weighted by Gasteiger charge is -2.11. The van der Waals surface area contributed by atoms with Gasteiger partial charge in [-0.1, -0.05) is 84.0 Å². The molecule has 5 heteroatoms. The summed E-state index contributed by atoms with van der Waals surface area (Å²) in [5.41, 5.74) is 0. The Morgan fingerprint density at radius 2 is 1.08 bits per heavy atom. The van der Waals surface area contributed by atoms with Crippen LogP contribution >= 0.6 is 0 Å². The van der Waals surface area contributed by atoms with E-state index in [-0.39, 0.29) is 6.10 Å². The summed E-state index contributed by atoms with van der Waals surface area (Å²) in [4.78, 5) is 0. The van der Waals surface area contributed by atoms with Crippen molar-refractivity contribution in [1.82, 2.24) is 0 Å². The van der Waals surface area contributed by atoms with E-state index >= 15 is 0 Å². The Kier molecular flexibility index (Phi) is 15.1. The van der Waals surface area contributed by atoms with Crippen LogP contribution in [-0.4, -0.2) is 29.4 Å². The van der Waals surface area contributed by atoms with E-state index < -0.39 is 15.4 Å². The molecule has 0 aliphatic heterocycles. The fraction of sp³-hybridized carbons (Fsp3) is 1.00. The lowest BCUT2D eigenvalue weighted by atomic mass is 10.0. The van der Waals surface area contributed by atoms with Gasteiger partial charge in [0, 0.05) is 0 Å². The number of hydrogen-bond donors (Lipinski definition) is 2. The minimum Gasteiger partial charge on any atom is -0.393 e. The Morgan fingerprint density at radius 1 is 0.708 bits per heavy atom. The van der Waals surface area contributed by atoms with Gasteiger partial charge in [-0.25, -0.2) is 0 Å². The van der Waals surface area contributed by atoms with Crippen molar-refractivity contribution < 1.29 is 18.1 Å². The molecule has 0 saturated carbocycles. The maximum Gasteiger partial charge on any atom is 0.267 e. The van der Waals surface area contributed by atoms with Gasteiger partial charge in [-0.2, -0.15) is 8.42 Å². The highest BCUT2D eigenvalue weighted by molar-refractivity contribution is 7.86. The zero-order valence-corrected chi connectivity index (χ0v) is 16.7. The number of hydrogen-bond acceptors (Lipinski definition) is 3. The average Bonchev–Trinajstić information content (AvgIpc) is 2.52. The predicted octanol–water partition coefficient (Wildman–Crippen LogP) is 5.50. The van der Waals surface area contributed by atoms with Gasteiger partial charge in [0.05, 0.1) is 11.4 Å². The Bertz CT molecular complexity index is 368. The first-order valence-electron chi connectivity index (χ1n) is 10.0. The van der Waals surface area contributed by atoms with Gasteiger partial charge in [-0.05, 0) is 26.2 Å². The van der Waals surface area contributed by atoms with Gasteiger partial charge in [0.2, 0.25) is 0 Å². The molecule has 0 radical (unpaired) electrons. The molecule has 2 N–H and O–H groups in total. The first kappa shape index (κ1) is 23.9. The van der Waals surface area contributed by atoms with Gasteiger partial charge in [0.1, 0.15) is 0 Å². The van der Waals surface area contributed by atoms with Gasteiger partial charge in [0.25, 0.3) is 10.1 Å². The van der Waals surface area contributed by atoms with Crippen molar-refractivity contribution in [1.29, 1.82) is 0 Å². The normalized spacial score (nSPS) is 14.7. The Hall–Kier alpha value is -0.130. The van der Waals surface area contributed by atoms with Crippen LogP contribution in [0.4, 0.5) is 0 Å². The molecular weight excluding hydrogens is 324 g/mol. The zero-order chi connectivity index (χ0) is 18.3. The molecule has 0 saturated heterocycles. The van der Waals surface area contributed by atoms with E-state index in [1.165, 1.54) is 64.7 Å². The molecule has 4 nitrogen and oxygen atoms in total. The Morgan fingerprint density at radius 3 is 1.54 bits per heavy atom. The van der Waals surface area contributed by atoms with Crippen molar-refractivity contribution in [2.45, 2.75) is 122 Å². The molecule has 0 fully saturated rings. The number of aliphatic hydroxyl groups excluding tert-OH is 1. The van der Waals surface area contributed by atoms with Crippen LogP contribution in [0.2, 0.25) is 0 Å². The highest BCUT2D eigenvalue weighted by atomic mass is 32.2. The standard InChI is InChI=1S/C19H40O4S/c1-3-4-5-6-7-8-9-10-11-12-16-19(20)17-14-13-15-18(2)24(21,22)23/h18-20H,3-17H2,1-2H3,(H,21,22,23). The smallest absolute Gasteiger partial charge is 0.267 e. The van der Waals surface area contributed by atoms with Crippen molar-refractivity contribution in [2.75, 3.05) is 0 Å². The van der Waals surface area contributed by atoms with Crippen molar-refractivity contribution in [3.63, 3.8) is 0 Å². The van der Waals surface area contributed by atoms with E-state index in [0.29, 0.717) is 6.42 Å². The molecule has 2 atom stereocenters. The van der Waals surface area contributed by atoms with Crippen molar-refractivity contribution in [2.24, 2.45) is 0 Å². The highest BCUT2D eigenvalue weighted by Gasteiger charge is 2.16. The lowest BCUT2D eigenvalue weighted by Crippen LogP contribution is -2.16. The Labute approximate surface area is 150 Å². The quantitative estimate of drug-likeness (QED) is 0.264. The summed E-state index contributed by atoms with van der Waals surface area (Å²) in [6.07, 6.45) is 16.3. The fourth-order valence-electron chi connectivity index (χ4n) is 2.97. The van der Waals surface area contributed by atoms with E-state index in [1.54, 1.807) is 0 Å². The number of unbranched alkanes of at least 4 members (excludes halogenated alkanes) is 10. The molecule has 146 valence electrons. The van der Waals surface area contributed by atoms with E-state index in [9.17, 15) is 13.5 Å². The number of aliphatic hydroxyl groups is 1. The third-order valence-corrected chi connectivity index (χ3v) is 6.05. The molecule has 0 spiro atoms. The molecule has 0 aliphatic carbocycles. The van der Waals surface area contributed by atoms with Crippen LogP contribution in [0.3, 0.4) is 0 Å². The molecule has 0 aromatic carbocycles. The maximum absolute atomic E-state index is 10.9. The van der Waals surface area contributed by atoms with Crippen LogP contribution in [0.5, 0.6) is 0 Å². The second-order valence-corrected chi connectivity index (χ2v) is 9.07. The van der Waals surface area contributed by atoms with Gasteiger partial charge in [0.15, 0.2) is 0 Å². The van der Waals surface area contributed by atoms with Crippen LogP contribution in [0.15, 0.2) is 0 Å². The monoisotopic (exact) mass is 364 g/mol. The molecule has 0 amide bonds. The first-order chi connectivity index (χ1) is 11.4. The SMILES string of the molecule is CCCCCCCCCCCCC(O)CCCCC(C)S(=O)(=O)O. The summed E-state index contributed by atoms with van der Waals surface area (Å²) in [6.45, 7) is 3.77. The van der Waals surface area contributed by atoms with Crippen LogP contribution in [0.1, 0.15) is 110 Å². The third-order valence-electron chi connectivity index (χ3n) is 4.80. The van der Waals surface area contributed by atoms with Crippen LogP contribution in [0, 0.1) is 0 Å². The second kappa shape index (κ2) is 15.2. The first-order valence-corrected chi connectivity index (χ1v) is 11.5. The van der Waals surface area contributed by atoms with E-state index in [0.717, 1.165) is 32.1 Å². The van der Waals surface area contributed by atoms with Crippen molar-refractivity contribution in [3.05, 3.63) is 0 Å². The van der Waals surface area contributed by atoms with Crippen LogP contribution in [0.25, 0.3) is 0 Å². The molecule has 0 aliphatic rings. The van der Waals surface area contributed by atoms with Gasteiger partial charge in [-0.3, -0.25) is 4.55 Å².